The highest BCUT2D eigenvalue weighted by atomic mass is 16.7. The molecule has 0 atom stereocenters. The molecule has 0 aliphatic carbocycles. The van der Waals surface area contributed by atoms with Gasteiger partial charge in [0, 0.05) is 5.56 Å². The lowest BCUT2D eigenvalue weighted by atomic mass is 10.1. The normalized spacial score (nSPS) is 12.1. The Hall–Kier alpha value is -3.33. The summed E-state index contributed by atoms with van der Waals surface area (Å²) in [5, 5.41) is 17.4. The number of aromatic nitrogens is 3. The molecule has 0 amide bonds. The van der Waals surface area contributed by atoms with E-state index < -0.39 is 0 Å². The largest absolute Gasteiger partial charge is 0.454 e. The quantitative estimate of drug-likeness (QED) is 0.743. The minimum Gasteiger partial charge on any atom is -0.454 e. The van der Waals surface area contributed by atoms with Crippen molar-refractivity contribution in [2.24, 2.45) is 0 Å². The molecule has 2 aromatic carbocycles. The molecular formula is C17H12N4O2. The van der Waals surface area contributed by atoms with Crippen LogP contribution in [0.4, 0.5) is 0 Å². The van der Waals surface area contributed by atoms with Crippen molar-refractivity contribution in [3.05, 3.63) is 59.8 Å². The maximum Gasteiger partial charge on any atom is 0.231 e. The fourth-order valence-electron chi connectivity index (χ4n) is 2.58. The van der Waals surface area contributed by atoms with E-state index in [9.17, 15) is 5.26 Å². The first-order chi connectivity index (χ1) is 11.3. The molecule has 23 heavy (non-hydrogen) atoms. The smallest absolute Gasteiger partial charge is 0.231 e. The number of hydrogen-bond donors (Lipinski definition) is 0. The Balaban J connectivity index is 1.70. The molecular weight excluding hydrogens is 292 g/mol. The lowest BCUT2D eigenvalue weighted by Crippen LogP contribution is -2.05. The first-order valence-electron chi connectivity index (χ1n) is 7.11. The van der Waals surface area contributed by atoms with Crippen LogP contribution < -0.4 is 9.47 Å². The zero-order valence-corrected chi connectivity index (χ0v) is 12.1. The summed E-state index contributed by atoms with van der Waals surface area (Å²) < 4.78 is 12.5. The number of hydrogen-bond acceptors (Lipinski definition) is 5. The van der Waals surface area contributed by atoms with Crippen molar-refractivity contribution in [1.82, 2.24) is 15.0 Å². The SMILES string of the molecule is N#Cc1ccccc1Cn1nncc1-c1ccc2c(c1)OCO2. The Labute approximate surface area is 132 Å². The molecule has 6 nitrogen and oxygen atoms in total. The van der Waals surface area contributed by atoms with Crippen LogP contribution >= 0.6 is 0 Å². The summed E-state index contributed by atoms with van der Waals surface area (Å²) in [4.78, 5) is 0. The highest BCUT2D eigenvalue weighted by Crippen LogP contribution is 2.35. The molecule has 2 heterocycles. The third-order valence-electron chi connectivity index (χ3n) is 3.74. The Morgan fingerprint density at radius 2 is 2.00 bits per heavy atom. The van der Waals surface area contributed by atoms with Crippen LogP contribution in [0.3, 0.4) is 0 Å². The zero-order valence-electron chi connectivity index (χ0n) is 12.1. The van der Waals surface area contributed by atoms with Gasteiger partial charge in [0.25, 0.3) is 0 Å². The molecule has 0 bridgehead atoms. The molecule has 1 aromatic heterocycles. The van der Waals surface area contributed by atoms with Gasteiger partial charge in [-0.15, -0.1) is 5.10 Å². The molecule has 0 unspecified atom stereocenters. The molecule has 6 heteroatoms. The second-order valence-corrected chi connectivity index (χ2v) is 5.11. The minimum absolute atomic E-state index is 0.242. The molecule has 0 N–H and O–H groups in total. The van der Waals surface area contributed by atoms with E-state index in [4.69, 9.17) is 9.47 Å². The number of rotatable bonds is 3. The number of benzene rings is 2. The Morgan fingerprint density at radius 1 is 1.13 bits per heavy atom. The van der Waals surface area contributed by atoms with Crippen LogP contribution in [-0.4, -0.2) is 21.8 Å². The van der Waals surface area contributed by atoms with Gasteiger partial charge in [0.2, 0.25) is 6.79 Å². The van der Waals surface area contributed by atoms with E-state index in [0.29, 0.717) is 17.9 Å². The van der Waals surface area contributed by atoms with Gasteiger partial charge in [-0.2, -0.15) is 5.26 Å². The summed E-state index contributed by atoms with van der Waals surface area (Å²) in [6.45, 7) is 0.722. The van der Waals surface area contributed by atoms with E-state index in [-0.39, 0.29) is 6.79 Å². The maximum absolute atomic E-state index is 9.21. The van der Waals surface area contributed by atoms with Crippen LogP contribution in [-0.2, 0) is 6.54 Å². The molecule has 0 saturated carbocycles. The fraction of sp³-hybridized carbons (Fsp3) is 0.118. The van der Waals surface area contributed by atoms with Gasteiger partial charge < -0.3 is 9.47 Å². The van der Waals surface area contributed by atoms with Gasteiger partial charge in [-0.3, -0.25) is 0 Å². The third-order valence-corrected chi connectivity index (χ3v) is 3.74. The highest BCUT2D eigenvalue weighted by molar-refractivity contribution is 5.64. The van der Waals surface area contributed by atoms with E-state index in [0.717, 1.165) is 22.6 Å². The van der Waals surface area contributed by atoms with Gasteiger partial charge in [0.15, 0.2) is 11.5 Å². The predicted molar refractivity (Wildman–Crippen MR) is 81.8 cm³/mol. The fourth-order valence-corrected chi connectivity index (χ4v) is 2.58. The van der Waals surface area contributed by atoms with Crippen LogP contribution in [0.15, 0.2) is 48.7 Å². The van der Waals surface area contributed by atoms with Crippen molar-refractivity contribution in [2.45, 2.75) is 6.54 Å². The van der Waals surface area contributed by atoms with Crippen LogP contribution in [0.2, 0.25) is 0 Å². The summed E-state index contributed by atoms with van der Waals surface area (Å²) >= 11 is 0. The zero-order chi connectivity index (χ0) is 15.6. The molecule has 1 aliphatic heterocycles. The van der Waals surface area contributed by atoms with Crippen molar-refractivity contribution >= 4 is 0 Å². The van der Waals surface area contributed by atoms with Gasteiger partial charge in [0.05, 0.1) is 30.1 Å². The molecule has 0 fully saturated rings. The number of nitrogens with zero attached hydrogens (tertiary/aromatic N) is 4. The van der Waals surface area contributed by atoms with Crippen molar-refractivity contribution < 1.29 is 9.47 Å². The molecule has 112 valence electrons. The van der Waals surface area contributed by atoms with Gasteiger partial charge >= 0.3 is 0 Å². The third kappa shape index (κ3) is 2.38. The average Bonchev–Trinajstić information content (AvgIpc) is 3.23. The molecule has 4 rings (SSSR count). The summed E-state index contributed by atoms with van der Waals surface area (Å²) in [6, 6.07) is 15.4. The summed E-state index contributed by atoms with van der Waals surface area (Å²) in [7, 11) is 0. The Kier molecular flexibility index (Phi) is 3.17. The number of ether oxygens (including phenoxy) is 2. The van der Waals surface area contributed by atoms with E-state index in [1.165, 1.54) is 0 Å². The topological polar surface area (TPSA) is 73.0 Å². The monoisotopic (exact) mass is 304 g/mol. The highest BCUT2D eigenvalue weighted by Gasteiger charge is 2.16. The predicted octanol–water partition coefficient (Wildman–Crippen LogP) is 2.59. The molecule has 3 aromatic rings. The summed E-state index contributed by atoms with van der Waals surface area (Å²) in [6.07, 6.45) is 1.70. The van der Waals surface area contributed by atoms with Crippen molar-refractivity contribution in [3.8, 4) is 28.8 Å². The average molecular weight is 304 g/mol. The van der Waals surface area contributed by atoms with Crippen molar-refractivity contribution in [3.63, 3.8) is 0 Å². The van der Waals surface area contributed by atoms with Crippen LogP contribution in [0.5, 0.6) is 11.5 Å². The van der Waals surface area contributed by atoms with Crippen molar-refractivity contribution in [2.75, 3.05) is 6.79 Å². The van der Waals surface area contributed by atoms with Crippen LogP contribution in [0, 0.1) is 11.3 Å². The molecule has 0 saturated heterocycles. The van der Waals surface area contributed by atoms with E-state index in [1.54, 1.807) is 16.9 Å². The van der Waals surface area contributed by atoms with Crippen molar-refractivity contribution in [1.29, 1.82) is 5.26 Å². The Bertz CT molecular complexity index is 911. The lowest BCUT2D eigenvalue weighted by Gasteiger charge is -2.08. The Morgan fingerprint density at radius 3 is 2.91 bits per heavy atom. The van der Waals surface area contributed by atoms with E-state index in [2.05, 4.69) is 16.4 Å². The van der Waals surface area contributed by atoms with Gasteiger partial charge in [-0.1, -0.05) is 23.4 Å². The second-order valence-electron chi connectivity index (χ2n) is 5.11. The van der Waals surface area contributed by atoms with Crippen LogP contribution in [0.1, 0.15) is 11.1 Å². The first-order valence-corrected chi connectivity index (χ1v) is 7.11. The lowest BCUT2D eigenvalue weighted by molar-refractivity contribution is 0.174. The second kappa shape index (κ2) is 5.46. The maximum atomic E-state index is 9.21. The number of nitriles is 1. The summed E-state index contributed by atoms with van der Waals surface area (Å²) in [5.41, 5.74) is 3.34. The minimum atomic E-state index is 0.242. The van der Waals surface area contributed by atoms with Gasteiger partial charge in [-0.05, 0) is 29.8 Å². The first kappa shape index (κ1) is 13.3. The van der Waals surface area contributed by atoms with Gasteiger partial charge in [-0.25, -0.2) is 4.68 Å². The number of fused-ring (bicyclic) bond motifs is 1. The summed E-state index contributed by atoms with van der Waals surface area (Å²) in [5.74, 6) is 1.45. The van der Waals surface area contributed by atoms with E-state index in [1.807, 2.05) is 36.4 Å². The van der Waals surface area contributed by atoms with Gasteiger partial charge in [0.1, 0.15) is 0 Å². The van der Waals surface area contributed by atoms with E-state index >= 15 is 0 Å². The van der Waals surface area contributed by atoms with Crippen LogP contribution in [0.25, 0.3) is 11.3 Å². The molecule has 1 aliphatic rings. The molecule has 0 spiro atoms. The molecule has 0 radical (unpaired) electrons. The standard InChI is InChI=1S/C17H12N4O2/c18-8-13-3-1-2-4-14(13)10-21-15(9-19-20-21)12-5-6-16-17(7-12)23-11-22-16/h1-7,9H,10-11H2.